The van der Waals surface area contributed by atoms with E-state index in [-0.39, 0.29) is 6.54 Å². The molecular weight excluding hydrogens is 281 g/mol. The minimum atomic E-state index is -1.03. The van der Waals surface area contributed by atoms with Crippen LogP contribution >= 0.6 is 23.5 Å². The molecule has 0 amide bonds. The number of nitrogens with one attached hydrogen (secondary N) is 1. The average molecular weight is 296 g/mol. The maximum absolute atomic E-state index is 13.9. The number of hydrogen-bond acceptors (Lipinski definition) is 2. The molecule has 1 unspecified atom stereocenters. The molecule has 0 radical (unpaired) electrons. The zero-order chi connectivity index (χ0) is 13.7. The molecule has 1 nitrogen and oxygen atoms in total. The van der Waals surface area contributed by atoms with E-state index in [1.165, 1.54) is 17.5 Å². The Morgan fingerprint density at radius 1 is 1.11 bits per heavy atom. The van der Waals surface area contributed by atoms with Crippen molar-refractivity contribution in [2.45, 2.75) is 18.0 Å². The topological polar surface area (TPSA) is 12.0 Å². The molecule has 0 spiro atoms. The van der Waals surface area contributed by atoms with Gasteiger partial charge in [0.15, 0.2) is 0 Å². The van der Waals surface area contributed by atoms with Crippen LogP contribution in [0, 0.1) is 6.92 Å². The lowest BCUT2D eigenvalue weighted by Gasteiger charge is -2.09. The highest BCUT2D eigenvalue weighted by Gasteiger charge is 2.09. The summed E-state index contributed by atoms with van der Waals surface area (Å²) in [6, 6.07) is 14.9. The van der Waals surface area contributed by atoms with Crippen LogP contribution in [-0.4, -0.2) is 6.54 Å². The normalized spacial score (nSPS) is 12.4. The molecule has 2 rings (SSSR count). The fourth-order valence-electron chi connectivity index (χ4n) is 1.59. The third-order valence-corrected chi connectivity index (χ3v) is 3.78. The summed E-state index contributed by atoms with van der Waals surface area (Å²) in [7, 11) is 0. The Morgan fingerprint density at radius 3 is 2.37 bits per heavy atom. The van der Waals surface area contributed by atoms with E-state index in [4.69, 9.17) is 11.6 Å². The Morgan fingerprint density at radius 2 is 1.74 bits per heavy atom. The minimum absolute atomic E-state index is 0.264. The van der Waals surface area contributed by atoms with Crippen molar-refractivity contribution in [3.05, 3.63) is 64.7 Å². The lowest BCUT2D eigenvalue weighted by Crippen LogP contribution is -2.11. The minimum Gasteiger partial charge on any atom is -0.257 e. The van der Waals surface area contributed by atoms with Gasteiger partial charge in [-0.3, -0.25) is 4.72 Å². The van der Waals surface area contributed by atoms with Crippen LogP contribution in [-0.2, 0) is 0 Å². The number of rotatable bonds is 5. The third kappa shape index (κ3) is 4.53. The van der Waals surface area contributed by atoms with Gasteiger partial charge in [-0.1, -0.05) is 41.4 Å². The summed E-state index contributed by atoms with van der Waals surface area (Å²) in [5.74, 6) is 0. The number of aryl methyl sites for hydroxylation is 1. The number of hydrogen-bond donors (Lipinski definition) is 1. The van der Waals surface area contributed by atoms with Gasteiger partial charge in [-0.25, -0.2) is 4.39 Å². The molecule has 2 aromatic rings. The summed E-state index contributed by atoms with van der Waals surface area (Å²) in [6.07, 6.45) is -1.03. The predicted molar refractivity (Wildman–Crippen MR) is 80.3 cm³/mol. The fourth-order valence-corrected chi connectivity index (χ4v) is 2.39. The molecule has 0 saturated heterocycles. The monoisotopic (exact) mass is 295 g/mol. The van der Waals surface area contributed by atoms with E-state index in [1.54, 1.807) is 24.3 Å². The molecule has 1 N–H and O–H groups in total. The highest BCUT2D eigenvalue weighted by Crippen LogP contribution is 2.21. The Kier molecular flexibility index (Phi) is 5.25. The first kappa shape index (κ1) is 14.4. The molecular formula is C15H15ClFNS. The van der Waals surface area contributed by atoms with Crippen molar-refractivity contribution in [2.24, 2.45) is 0 Å². The van der Waals surface area contributed by atoms with Gasteiger partial charge in [0.2, 0.25) is 0 Å². The van der Waals surface area contributed by atoms with Gasteiger partial charge in [0.1, 0.15) is 6.17 Å². The van der Waals surface area contributed by atoms with E-state index < -0.39 is 6.17 Å². The van der Waals surface area contributed by atoms with Gasteiger partial charge < -0.3 is 0 Å². The van der Waals surface area contributed by atoms with Gasteiger partial charge >= 0.3 is 0 Å². The van der Waals surface area contributed by atoms with Crippen LogP contribution in [0.2, 0.25) is 5.02 Å². The SMILES string of the molecule is Cc1ccc(SNCC(F)c2ccc(Cl)cc2)cc1. The number of benzene rings is 2. The lowest BCUT2D eigenvalue weighted by molar-refractivity contribution is 0.346. The quantitative estimate of drug-likeness (QED) is 0.783. The van der Waals surface area contributed by atoms with Gasteiger partial charge in [0.05, 0.1) is 0 Å². The van der Waals surface area contributed by atoms with Crippen molar-refractivity contribution < 1.29 is 4.39 Å². The zero-order valence-corrected chi connectivity index (χ0v) is 12.1. The van der Waals surface area contributed by atoms with Gasteiger partial charge in [-0.15, -0.1) is 0 Å². The van der Waals surface area contributed by atoms with Crippen molar-refractivity contribution in [3.63, 3.8) is 0 Å². The van der Waals surface area contributed by atoms with E-state index in [0.29, 0.717) is 10.6 Å². The largest absolute Gasteiger partial charge is 0.257 e. The van der Waals surface area contributed by atoms with Crippen molar-refractivity contribution in [3.8, 4) is 0 Å². The molecule has 100 valence electrons. The summed E-state index contributed by atoms with van der Waals surface area (Å²) in [4.78, 5) is 1.08. The summed E-state index contributed by atoms with van der Waals surface area (Å²) in [5, 5.41) is 0.623. The van der Waals surface area contributed by atoms with E-state index in [9.17, 15) is 4.39 Å². The van der Waals surface area contributed by atoms with Crippen LogP contribution < -0.4 is 4.72 Å². The number of alkyl halides is 1. The van der Waals surface area contributed by atoms with Gasteiger partial charge in [0, 0.05) is 16.5 Å². The Balaban J connectivity index is 1.82. The van der Waals surface area contributed by atoms with Crippen LogP contribution in [0.15, 0.2) is 53.4 Å². The molecule has 0 saturated carbocycles. The van der Waals surface area contributed by atoms with Gasteiger partial charge in [-0.2, -0.15) is 0 Å². The van der Waals surface area contributed by atoms with Crippen molar-refractivity contribution in [1.29, 1.82) is 0 Å². The summed E-state index contributed by atoms with van der Waals surface area (Å²) < 4.78 is 17.0. The molecule has 0 aliphatic heterocycles. The summed E-state index contributed by atoms with van der Waals surface area (Å²) in [5.41, 5.74) is 1.86. The highest BCUT2D eigenvalue weighted by atomic mass is 35.5. The zero-order valence-electron chi connectivity index (χ0n) is 10.6. The lowest BCUT2D eigenvalue weighted by atomic mass is 10.1. The van der Waals surface area contributed by atoms with Crippen LogP contribution in [0.25, 0.3) is 0 Å². The maximum Gasteiger partial charge on any atom is 0.138 e. The predicted octanol–water partition coefficient (Wildman–Crippen LogP) is 4.96. The Hall–Kier alpha value is -1.03. The maximum atomic E-state index is 13.9. The van der Waals surface area contributed by atoms with Crippen LogP contribution in [0.4, 0.5) is 4.39 Å². The standard InChI is InChI=1S/C15H15ClFNS/c1-11-2-8-14(9-3-11)19-18-10-15(17)12-4-6-13(16)7-5-12/h2-9,15,18H,10H2,1H3. The first-order chi connectivity index (χ1) is 9.15. The molecule has 4 heteroatoms. The van der Waals surface area contributed by atoms with Gasteiger partial charge in [-0.05, 0) is 48.7 Å². The van der Waals surface area contributed by atoms with Crippen molar-refractivity contribution >= 4 is 23.5 Å². The van der Waals surface area contributed by atoms with E-state index in [1.807, 2.05) is 31.2 Å². The molecule has 0 aromatic heterocycles. The van der Waals surface area contributed by atoms with Gasteiger partial charge in [0.25, 0.3) is 0 Å². The third-order valence-electron chi connectivity index (χ3n) is 2.71. The first-order valence-corrected chi connectivity index (χ1v) is 7.20. The molecule has 0 bridgehead atoms. The molecule has 0 aliphatic carbocycles. The van der Waals surface area contributed by atoms with Crippen LogP contribution in [0.3, 0.4) is 0 Å². The molecule has 19 heavy (non-hydrogen) atoms. The molecule has 0 aliphatic rings. The Labute approximate surface area is 122 Å². The highest BCUT2D eigenvalue weighted by molar-refractivity contribution is 7.97. The van der Waals surface area contributed by atoms with Crippen LogP contribution in [0.1, 0.15) is 17.3 Å². The number of halogens is 2. The summed E-state index contributed by atoms with van der Waals surface area (Å²) >= 11 is 7.21. The smallest absolute Gasteiger partial charge is 0.138 e. The fraction of sp³-hybridized carbons (Fsp3) is 0.200. The van der Waals surface area contributed by atoms with Crippen molar-refractivity contribution in [2.75, 3.05) is 6.54 Å². The second-order valence-corrected chi connectivity index (χ2v) is 5.68. The first-order valence-electron chi connectivity index (χ1n) is 6.01. The van der Waals surface area contributed by atoms with E-state index in [2.05, 4.69) is 4.72 Å². The summed E-state index contributed by atoms with van der Waals surface area (Å²) in [6.45, 7) is 2.31. The molecule has 1 atom stereocenters. The van der Waals surface area contributed by atoms with Crippen LogP contribution in [0.5, 0.6) is 0 Å². The van der Waals surface area contributed by atoms with E-state index >= 15 is 0 Å². The molecule has 0 heterocycles. The molecule has 2 aromatic carbocycles. The second kappa shape index (κ2) is 6.94. The van der Waals surface area contributed by atoms with E-state index in [0.717, 1.165) is 4.90 Å². The van der Waals surface area contributed by atoms with Crippen molar-refractivity contribution in [1.82, 2.24) is 4.72 Å². The molecule has 0 fully saturated rings. The average Bonchev–Trinajstić information content (AvgIpc) is 2.41. The Bertz CT molecular complexity index is 513. The second-order valence-electron chi connectivity index (χ2n) is 4.28.